The van der Waals surface area contributed by atoms with Gasteiger partial charge < -0.3 is 19.4 Å². The van der Waals surface area contributed by atoms with Crippen molar-refractivity contribution < 1.29 is 9.53 Å². The Morgan fingerprint density at radius 1 is 1.17 bits per heavy atom. The van der Waals surface area contributed by atoms with Crippen molar-refractivity contribution in [1.29, 1.82) is 0 Å². The monoisotopic (exact) mass is 413 g/mol. The maximum absolute atomic E-state index is 12.8. The smallest absolute Gasteiger partial charge is 0.226 e. The summed E-state index contributed by atoms with van der Waals surface area (Å²) in [6.07, 6.45) is 6.94. The van der Waals surface area contributed by atoms with E-state index < -0.39 is 0 Å². The normalized spacial score (nSPS) is 26.8. The number of amides is 1. The fourth-order valence-corrected chi connectivity index (χ4v) is 5.53. The van der Waals surface area contributed by atoms with E-state index in [4.69, 9.17) is 4.74 Å². The molecule has 0 aliphatic carbocycles. The number of carbonyl (C=O) groups excluding carboxylic acids is 1. The second-order valence-electron chi connectivity index (χ2n) is 10.3. The zero-order valence-corrected chi connectivity index (χ0v) is 19.1. The first-order valence-electron chi connectivity index (χ1n) is 11.8. The van der Waals surface area contributed by atoms with Gasteiger partial charge in [-0.25, -0.2) is 0 Å². The molecule has 3 aliphatic rings. The van der Waals surface area contributed by atoms with Gasteiger partial charge in [-0.15, -0.1) is 0 Å². The van der Waals surface area contributed by atoms with Crippen LogP contribution < -0.4 is 4.90 Å². The molecule has 3 saturated heterocycles. The second-order valence-corrected chi connectivity index (χ2v) is 10.3. The quantitative estimate of drug-likeness (QED) is 0.741. The number of piperidine rings is 2. The average molecular weight is 414 g/mol. The average Bonchev–Trinajstić information content (AvgIpc) is 3.10. The van der Waals surface area contributed by atoms with Crippen LogP contribution >= 0.6 is 0 Å². The van der Waals surface area contributed by atoms with Crippen LogP contribution in [-0.4, -0.2) is 75.2 Å². The minimum absolute atomic E-state index is 0.264. The number of hydrogen-bond donors (Lipinski definition) is 0. The van der Waals surface area contributed by atoms with Gasteiger partial charge in [0.25, 0.3) is 0 Å². The van der Waals surface area contributed by atoms with Crippen molar-refractivity contribution in [3.8, 4) is 0 Å². The molecule has 0 radical (unpaired) electrons. The molecule has 3 aliphatic heterocycles. The van der Waals surface area contributed by atoms with Crippen LogP contribution in [0.25, 0.3) is 0 Å². The molecule has 0 bridgehead atoms. The molecule has 5 heteroatoms. The van der Waals surface area contributed by atoms with Crippen LogP contribution in [-0.2, 0) is 16.0 Å². The lowest BCUT2D eigenvalue weighted by molar-refractivity contribution is -0.132. The first kappa shape index (κ1) is 21.6. The molecule has 1 aromatic rings. The predicted molar refractivity (Wildman–Crippen MR) is 122 cm³/mol. The van der Waals surface area contributed by atoms with Crippen LogP contribution in [0.15, 0.2) is 24.3 Å². The Morgan fingerprint density at radius 3 is 2.57 bits per heavy atom. The Bertz CT molecular complexity index is 710. The highest BCUT2D eigenvalue weighted by Gasteiger charge is 2.43. The van der Waals surface area contributed by atoms with Crippen LogP contribution in [0.1, 0.15) is 44.6 Å². The van der Waals surface area contributed by atoms with E-state index in [1.54, 1.807) is 0 Å². The lowest BCUT2D eigenvalue weighted by Crippen LogP contribution is -2.44. The van der Waals surface area contributed by atoms with Crippen molar-refractivity contribution in [1.82, 2.24) is 9.80 Å². The Morgan fingerprint density at radius 2 is 1.90 bits per heavy atom. The summed E-state index contributed by atoms with van der Waals surface area (Å²) in [6, 6.07) is 8.34. The third kappa shape index (κ3) is 5.17. The molecular weight excluding hydrogens is 374 g/mol. The van der Waals surface area contributed by atoms with E-state index in [1.807, 2.05) is 14.1 Å². The van der Waals surface area contributed by atoms with E-state index in [-0.39, 0.29) is 5.91 Å². The third-order valence-electron chi connectivity index (χ3n) is 7.47. The summed E-state index contributed by atoms with van der Waals surface area (Å²) in [5.41, 5.74) is 2.57. The molecule has 4 rings (SSSR count). The molecule has 1 aromatic carbocycles. The van der Waals surface area contributed by atoms with E-state index in [9.17, 15) is 4.79 Å². The standard InChI is InChI=1S/C25H39N3O2/c1-20-5-4-12-27(17-20)18-23-16-25(19-30-23)10-13-28(14-11-25)24(29)15-21-6-8-22(9-7-21)26(2)3/h6-9,20,23H,4-5,10-19H2,1-3H3. The highest BCUT2D eigenvalue weighted by Crippen LogP contribution is 2.42. The van der Waals surface area contributed by atoms with Crippen molar-refractivity contribution in [2.24, 2.45) is 11.3 Å². The molecule has 5 nitrogen and oxygen atoms in total. The molecule has 0 aromatic heterocycles. The summed E-state index contributed by atoms with van der Waals surface area (Å²) in [7, 11) is 4.07. The Balaban J connectivity index is 1.24. The lowest BCUT2D eigenvalue weighted by Gasteiger charge is -2.39. The molecule has 1 amide bonds. The lowest BCUT2D eigenvalue weighted by atomic mass is 9.76. The fraction of sp³-hybridized carbons (Fsp3) is 0.720. The minimum Gasteiger partial charge on any atom is -0.378 e. The molecule has 1 spiro atoms. The van der Waals surface area contributed by atoms with Crippen LogP contribution in [0.4, 0.5) is 5.69 Å². The second kappa shape index (κ2) is 9.27. The van der Waals surface area contributed by atoms with Gasteiger partial charge in [-0.2, -0.15) is 0 Å². The number of benzene rings is 1. The summed E-state index contributed by atoms with van der Waals surface area (Å²) in [5.74, 6) is 1.09. The van der Waals surface area contributed by atoms with Gasteiger partial charge in [0.2, 0.25) is 5.91 Å². The number of likely N-dealkylation sites (tertiary alicyclic amines) is 2. The Kier molecular flexibility index (Phi) is 6.69. The van der Waals surface area contributed by atoms with Gasteiger partial charge in [-0.1, -0.05) is 19.1 Å². The largest absolute Gasteiger partial charge is 0.378 e. The number of ether oxygens (including phenoxy) is 1. The number of nitrogens with zero attached hydrogens (tertiary/aromatic N) is 3. The zero-order valence-electron chi connectivity index (χ0n) is 19.1. The molecule has 3 fully saturated rings. The van der Waals surface area contributed by atoms with Crippen molar-refractivity contribution >= 4 is 11.6 Å². The Labute approximate surface area is 182 Å². The minimum atomic E-state index is 0.264. The summed E-state index contributed by atoms with van der Waals surface area (Å²) < 4.78 is 6.26. The Hall–Kier alpha value is -1.59. The van der Waals surface area contributed by atoms with E-state index >= 15 is 0 Å². The van der Waals surface area contributed by atoms with Gasteiger partial charge in [-0.3, -0.25) is 4.79 Å². The first-order valence-corrected chi connectivity index (χ1v) is 11.8. The predicted octanol–water partition coefficient (Wildman–Crippen LogP) is 3.42. The first-order chi connectivity index (χ1) is 14.4. The highest BCUT2D eigenvalue weighted by atomic mass is 16.5. The maximum atomic E-state index is 12.8. The van der Waals surface area contributed by atoms with Crippen molar-refractivity contribution in [2.45, 2.75) is 51.6 Å². The van der Waals surface area contributed by atoms with E-state index in [0.717, 1.165) is 50.6 Å². The summed E-state index contributed by atoms with van der Waals surface area (Å²) >= 11 is 0. The topological polar surface area (TPSA) is 36.0 Å². The van der Waals surface area contributed by atoms with Crippen LogP contribution in [0, 0.1) is 11.3 Å². The van der Waals surface area contributed by atoms with Gasteiger partial charge in [-0.05, 0) is 67.7 Å². The third-order valence-corrected chi connectivity index (χ3v) is 7.47. The summed E-state index contributed by atoms with van der Waals surface area (Å²) in [5, 5.41) is 0. The molecule has 0 N–H and O–H groups in total. The van der Waals surface area contributed by atoms with Crippen molar-refractivity contribution in [3.05, 3.63) is 29.8 Å². The molecule has 3 heterocycles. The molecule has 2 atom stereocenters. The number of carbonyl (C=O) groups is 1. The number of anilines is 1. The van der Waals surface area contributed by atoms with E-state index in [2.05, 4.69) is 45.9 Å². The van der Waals surface area contributed by atoms with Gasteiger partial charge in [0.15, 0.2) is 0 Å². The van der Waals surface area contributed by atoms with Crippen LogP contribution in [0.2, 0.25) is 0 Å². The number of hydrogen-bond acceptors (Lipinski definition) is 4. The number of rotatable bonds is 5. The molecule has 166 valence electrons. The van der Waals surface area contributed by atoms with Crippen LogP contribution in [0.3, 0.4) is 0 Å². The molecule has 0 saturated carbocycles. The highest BCUT2D eigenvalue weighted by molar-refractivity contribution is 5.79. The molecule has 2 unspecified atom stereocenters. The zero-order chi connectivity index (χ0) is 21.1. The summed E-state index contributed by atoms with van der Waals surface area (Å²) in [4.78, 5) is 19.6. The van der Waals surface area contributed by atoms with Gasteiger partial charge in [0, 0.05) is 46.0 Å². The maximum Gasteiger partial charge on any atom is 0.226 e. The van der Waals surface area contributed by atoms with Crippen LogP contribution in [0.5, 0.6) is 0 Å². The van der Waals surface area contributed by atoms with E-state index in [0.29, 0.717) is 17.9 Å². The molecule has 30 heavy (non-hydrogen) atoms. The molecular formula is C25H39N3O2. The fourth-order valence-electron chi connectivity index (χ4n) is 5.53. The summed E-state index contributed by atoms with van der Waals surface area (Å²) in [6.45, 7) is 8.57. The van der Waals surface area contributed by atoms with E-state index in [1.165, 1.54) is 38.0 Å². The van der Waals surface area contributed by atoms with Gasteiger partial charge >= 0.3 is 0 Å². The van der Waals surface area contributed by atoms with Gasteiger partial charge in [0.05, 0.1) is 19.1 Å². The van der Waals surface area contributed by atoms with Crippen molar-refractivity contribution in [2.75, 3.05) is 58.3 Å². The van der Waals surface area contributed by atoms with Crippen molar-refractivity contribution in [3.63, 3.8) is 0 Å². The van der Waals surface area contributed by atoms with Gasteiger partial charge in [0.1, 0.15) is 0 Å². The SMILES string of the molecule is CC1CCCN(CC2CC3(CCN(C(=O)Cc4ccc(N(C)C)cc4)CC3)CO2)C1.